The van der Waals surface area contributed by atoms with E-state index in [4.69, 9.17) is 9.72 Å². The summed E-state index contributed by atoms with van der Waals surface area (Å²) in [6.45, 7) is 9.03. The van der Waals surface area contributed by atoms with Gasteiger partial charge in [0.1, 0.15) is 5.01 Å². The number of hydrogen-bond donors (Lipinski definition) is 1. The summed E-state index contributed by atoms with van der Waals surface area (Å²) in [7, 11) is 1.76. The number of nitrogens with zero attached hydrogens (tertiary/aromatic N) is 2. The Morgan fingerprint density at radius 1 is 1.50 bits per heavy atom. The van der Waals surface area contributed by atoms with Crippen molar-refractivity contribution in [2.75, 3.05) is 26.8 Å². The second-order valence-electron chi connectivity index (χ2n) is 5.55. The topological polar surface area (TPSA) is 37.4 Å². The molecule has 1 N–H and O–H groups in total. The van der Waals surface area contributed by atoms with Crippen LogP contribution in [0.3, 0.4) is 0 Å². The van der Waals surface area contributed by atoms with Crippen LogP contribution in [-0.4, -0.2) is 42.7 Å². The lowest BCUT2D eigenvalue weighted by Crippen LogP contribution is -2.29. The number of thiazole rings is 1. The van der Waals surface area contributed by atoms with Gasteiger partial charge in [-0.25, -0.2) is 4.98 Å². The first-order valence-electron chi connectivity index (χ1n) is 7.23. The lowest BCUT2D eigenvalue weighted by molar-refractivity contribution is 0.210. The van der Waals surface area contributed by atoms with Crippen LogP contribution in [-0.2, 0) is 17.8 Å². The summed E-state index contributed by atoms with van der Waals surface area (Å²) in [6, 6.07) is 0.508. The van der Waals surface area contributed by atoms with Gasteiger partial charge in [0, 0.05) is 44.7 Å². The monoisotopic (exact) mass is 295 g/mol. The molecule has 0 aromatic carbocycles. The zero-order valence-corrected chi connectivity index (χ0v) is 13.5. The molecule has 1 aliphatic rings. The third-order valence-electron chi connectivity index (χ3n) is 3.36. The van der Waals surface area contributed by atoms with Gasteiger partial charge in [-0.3, -0.25) is 4.90 Å². The van der Waals surface area contributed by atoms with Gasteiger partial charge in [-0.15, -0.1) is 11.3 Å². The minimum absolute atomic E-state index is 0.508. The van der Waals surface area contributed by atoms with Crippen molar-refractivity contribution in [3.05, 3.63) is 27.7 Å². The Hall–Kier alpha value is -0.750. The maximum Gasteiger partial charge on any atom is 0.107 e. The van der Waals surface area contributed by atoms with Gasteiger partial charge in [-0.1, -0.05) is 19.9 Å². The first-order chi connectivity index (χ1) is 9.67. The quantitative estimate of drug-likeness (QED) is 0.784. The van der Waals surface area contributed by atoms with E-state index in [1.807, 2.05) is 0 Å². The van der Waals surface area contributed by atoms with Gasteiger partial charge in [0.2, 0.25) is 0 Å². The molecule has 20 heavy (non-hydrogen) atoms. The summed E-state index contributed by atoms with van der Waals surface area (Å²) in [6.07, 6.45) is 3.40. The fourth-order valence-corrected chi connectivity index (χ4v) is 2.97. The van der Waals surface area contributed by atoms with Crippen LogP contribution < -0.4 is 5.32 Å². The summed E-state index contributed by atoms with van der Waals surface area (Å²) < 4.78 is 5.18. The van der Waals surface area contributed by atoms with Crippen molar-refractivity contribution in [2.24, 2.45) is 0 Å². The van der Waals surface area contributed by atoms with Crippen molar-refractivity contribution < 1.29 is 4.74 Å². The van der Waals surface area contributed by atoms with E-state index in [0.717, 1.165) is 39.2 Å². The number of hydrogen-bond acceptors (Lipinski definition) is 5. The highest BCUT2D eigenvalue weighted by Crippen LogP contribution is 2.16. The van der Waals surface area contributed by atoms with E-state index >= 15 is 0 Å². The molecule has 2 heterocycles. The maximum absolute atomic E-state index is 5.18. The Labute approximate surface area is 125 Å². The fourth-order valence-electron chi connectivity index (χ4n) is 2.24. The molecule has 1 aromatic heterocycles. The van der Waals surface area contributed by atoms with Crippen LogP contribution in [0.15, 0.2) is 17.0 Å². The lowest BCUT2D eigenvalue weighted by Gasteiger charge is -2.25. The Morgan fingerprint density at radius 2 is 2.35 bits per heavy atom. The van der Waals surface area contributed by atoms with Crippen LogP contribution in [0.4, 0.5) is 0 Å². The number of methoxy groups -OCH3 is 1. The molecular formula is C15H25N3OS. The van der Waals surface area contributed by atoms with Crippen molar-refractivity contribution in [3.8, 4) is 0 Å². The fraction of sp³-hybridized carbons (Fsp3) is 0.667. The third kappa shape index (κ3) is 4.98. The molecule has 0 unspecified atom stereocenters. The Morgan fingerprint density at radius 3 is 3.00 bits per heavy atom. The molecule has 0 bridgehead atoms. The summed E-state index contributed by atoms with van der Waals surface area (Å²) in [4.78, 5) is 7.14. The van der Waals surface area contributed by atoms with Crippen molar-refractivity contribution in [3.63, 3.8) is 0 Å². The van der Waals surface area contributed by atoms with E-state index in [1.165, 1.54) is 16.3 Å². The van der Waals surface area contributed by atoms with E-state index < -0.39 is 0 Å². The van der Waals surface area contributed by atoms with E-state index in [-0.39, 0.29) is 0 Å². The van der Waals surface area contributed by atoms with Crippen LogP contribution in [0.2, 0.25) is 0 Å². The minimum atomic E-state index is 0.508. The van der Waals surface area contributed by atoms with Gasteiger partial charge in [-0.2, -0.15) is 0 Å². The molecule has 0 atom stereocenters. The molecule has 5 heteroatoms. The highest BCUT2D eigenvalue weighted by atomic mass is 32.1. The zero-order valence-electron chi connectivity index (χ0n) is 12.7. The van der Waals surface area contributed by atoms with Crippen molar-refractivity contribution >= 4 is 11.3 Å². The maximum atomic E-state index is 5.18. The van der Waals surface area contributed by atoms with E-state index in [1.54, 1.807) is 18.4 Å². The Balaban J connectivity index is 1.79. The largest absolute Gasteiger partial charge is 0.380 e. The third-order valence-corrected chi connectivity index (χ3v) is 4.26. The average molecular weight is 295 g/mol. The SMILES string of the molecule is COCC1=CCN(Cc2csc(CNC(C)C)n2)CC1. The predicted molar refractivity (Wildman–Crippen MR) is 83.9 cm³/mol. The van der Waals surface area contributed by atoms with Crippen LogP contribution in [0.5, 0.6) is 0 Å². The Kier molecular flexibility index (Phi) is 6.16. The second-order valence-corrected chi connectivity index (χ2v) is 6.49. The van der Waals surface area contributed by atoms with Gasteiger partial charge in [0.05, 0.1) is 12.3 Å². The number of aromatic nitrogens is 1. The van der Waals surface area contributed by atoms with Gasteiger partial charge < -0.3 is 10.1 Å². The second kappa shape index (κ2) is 7.88. The first kappa shape index (κ1) is 15.6. The van der Waals surface area contributed by atoms with Gasteiger partial charge in [0.15, 0.2) is 0 Å². The molecule has 2 rings (SSSR count). The smallest absolute Gasteiger partial charge is 0.107 e. The number of nitrogens with one attached hydrogen (secondary N) is 1. The molecule has 0 saturated heterocycles. The van der Waals surface area contributed by atoms with Crippen LogP contribution in [0.1, 0.15) is 31.0 Å². The van der Waals surface area contributed by atoms with E-state index in [0.29, 0.717) is 6.04 Å². The van der Waals surface area contributed by atoms with Crippen LogP contribution in [0, 0.1) is 0 Å². The zero-order chi connectivity index (χ0) is 14.4. The highest BCUT2D eigenvalue weighted by Gasteiger charge is 2.13. The van der Waals surface area contributed by atoms with Gasteiger partial charge in [0.25, 0.3) is 0 Å². The summed E-state index contributed by atoms with van der Waals surface area (Å²) >= 11 is 1.75. The molecule has 0 amide bonds. The van der Waals surface area contributed by atoms with Gasteiger partial charge in [-0.05, 0) is 12.0 Å². The molecule has 112 valence electrons. The summed E-state index contributed by atoms with van der Waals surface area (Å²) in [5, 5.41) is 6.78. The molecule has 4 nitrogen and oxygen atoms in total. The standard InChI is InChI=1S/C15H25N3OS/c1-12(2)16-8-15-17-14(11-20-15)9-18-6-4-13(5-7-18)10-19-3/h4,11-12,16H,5-10H2,1-3H3. The van der Waals surface area contributed by atoms with Crippen LogP contribution >= 0.6 is 11.3 Å². The van der Waals surface area contributed by atoms with Gasteiger partial charge >= 0.3 is 0 Å². The summed E-state index contributed by atoms with van der Waals surface area (Å²) in [5.74, 6) is 0. The minimum Gasteiger partial charge on any atom is -0.380 e. The molecular weight excluding hydrogens is 270 g/mol. The number of ether oxygens (including phenoxy) is 1. The summed E-state index contributed by atoms with van der Waals surface area (Å²) in [5.41, 5.74) is 2.61. The average Bonchev–Trinajstić information content (AvgIpc) is 2.87. The van der Waals surface area contributed by atoms with Crippen molar-refractivity contribution in [2.45, 2.75) is 39.4 Å². The van der Waals surface area contributed by atoms with Crippen molar-refractivity contribution in [1.29, 1.82) is 0 Å². The van der Waals surface area contributed by atoms with E-state index in [2.05, 4.69) is 35.5 Å². The number of rotatable bonds is 7. The molecule has 0 saturated carbocycles. The molecule has 1 aliphatic heterocycles. The predicted octanol–water partition coefficient (Wildman–Crippen LogP) is 2.42. The molecule has 0 spiro atoms. The molecule has 0 radical (unpaired) electrons. The van der Waals surface area contributed by atoms with Crippen LogP contribution in [0.25, 0.3) is 0 Å². The normalized spacial score (nSPS) is 16.7. The van der Waals surface area contributed by atoms with Crippen molar-refractivity contribution in [1.82, 2.24) is 15.2 Å². The molecule has 0 fully saturated rings. The highest BCUT2D eigenvalue weighted by molar-refractivity contribution is 7.09. The first-order valence-corrected chi connectivity index (χ1v) is 8.11. The Bertz CT molecular complexity index is 442. The lowest BCUT2D eigenvalue weighted by atomic mass is 10.1. The van der Waals surface area contributed by atoms with E-state index in [9.17, 15) is 0 Å². The molecule has 1 aromatic rings. The molecule has 0 aliphatic carbocycles.